The molecule has 2 N–H and O–H groups in total. The van der Waals surface area contributed by atoms with Crippen LogP contribution in [0.1, 0.15) is 0 Å². The molecule has 0 amide bonds. The Balaban J connectivity index is 2.25. The van der Waals surface area contributed by atoms with E-state index in [9.17, 15) is 9.50 Å². The van der Waals surface area contributed by atoms with Gasteiger partial charge in [0.1, 0.15) is 11.6 Å². The smallest absolute Gasteiger partial charge is 0.200 e. The minimum Gasteiger partial charge on any atom is -0.507 e. The van der Waals surface area contributed by atoms with Crippen molar-refractivity contribution in [2.75, 3.05) is 0 Å². The van der Waals surface area contributed by atoms with Crippen LogP contribution in [0, 0.1) is 10.6 Å². The first-order valence-electron chi connectivity index (χ1n) is 5.99. The van der Waals surface area contributed by atoms with Crippen LogP contribution in [0.15, 0.2) is 42.5 Å². The zero-order valence-electron chi connectivity index (χ0n) is 10.5. The van der Waals surface area contributed by atoms with Crippen molar-refractivity contribution in [3.8, 4) is 22.8 Å². The van der Waals surface area contributed by atoms with Gasteiger partial charge in [-0.3, -0.25) is 9.67 Å². The van der Waals surface area contributed by atoms with Gasteiger partial charge in [-0.2, -0.15) is 5.10 Å². The maximum atomic E-state index is 13.3. The Morgan fingerprint density at radius 3 is 2.71 bits per heavy atom. The Morgan fingerprint density at radius 2 is 2.00 bits per heavy atom. The van der Waals surface area contributed by atoms with Crippen LogP contribution in [0.3, 0.4) is 0 Å². The van der Waals surface area contributed by atoms with Crippen LogP contribution in [0.25, 0.3) is 17.1 Å². The molecule has 0 saturated carbocycles. The van der Waals surface area contributed by atoms with Gasteiger partial charge in [0.05, 0.1) is 16.3 Å². The Morgan fingerprint density at radius 1 is 1.24 bits per heavy atom. The fourth-order valence-corrected chi connectivity index (χ4v) is 2.42. The lowest BCUT2D eigenvalue weighted by Crippen LogP contribution is -1.98. The van der Waals surface area contributed by atoms with Gasteiger partial charge in [-0.05, 0) is 42.5 Å². The maximum Gasteiger partial charge on any atom is 0.200 e. The number of H-pyrrole nitrogens is 1. The molecule has 0 unspecified atom stereocenters. The van der Waals surface area contributed by atoms with Crippen LogP contribution in [0.5, 0.6) is 5.75 Å². The number of benzene rings is 2. The van der Waals surface area contributed by atoms with Gasteiger partial charge in [0.25, 0.3) is 0 Å². The summed E-state index contributed by atoms with van der Waals surface area (Å²) in [6.45, 7) is 0. The summed E-state index contributed by atoms with van der Waals surface area (Å²) in [6.07, 6.45) is 0. The van der Waals surface area contributed by atoms with Gasteiger partial charge < -0.3 is 5.11 Å². The highest BCUT2D eigenvalue weighted by molar-refractivity contribution is 7.71. The number of phenols is 1. The Kier molecular flexibility index (Phi) is 3.48. The largest absolute Gasteiger partial charge is 0.507 e. The van der Waals surface area contributed by atoms with Crippen molar-refractivity contribution in [2.45, 2.75) is 0 Å². The Bertz CT molecular complexity index is 875. The van der Waals surface area contributed by atoms with E-state index in [1.54, 1.807) is 28.8 Å². The summed E-state index contributed by atoms with van der Waals surface area (Å²) in [6, 6.07) is 11.0. The molecule has 1 aromatic heterocycles. The number of para-hydroxylation sites is 1. The molecule has 4 nitrogen and oxygen atoms in total. The molecule has 0 saturated heterocycles. The van der Waals surface area contributed by atoms with Crippen molar-refractivity contribution in [1.82, 2.24) is 14.8 Å². The van der Waals surface area contributed by atoms with E-state index >= 15 is 0 Å². The average molecular weight is 322 g/mol. The molecule has 0 atom stereocenters. The summed E-state index contributed by atoms with van der Waals surface area (Å²) >= 11 is 11.0. The summed E-state index contributed by atoms with van der Waals surface area (Å²) in [5.74, 6) is -0.0266. The molecular weight excluding hydrogens is 313 g/mol. The highest BCUT2D eigenvalue weighted by Gasteiger charge is 2.14. The third kappa shape index (κ3) is 2.43. The van der Waals surface area contributed by atoms with Gasteiger partial charge in [0.2, 0.25) is 0 Å². The summed E-state index contributed by atoms with van der Waals surface area (Å²) in [4.78, 5) is 0. The first-order chi connectivity index (χ1) is 10.1. The van der Waals surface area contributed by atoms with Gasteiger partial charge in [-0.15, -0.1) is 0 Å². The van der Waals surface area contributed by atoms with Crippen molar-refractivity contribution in [3.63, 3.8) is 0 Å². The molecule has 0 fully saturated rings. The highest BCUT2D eigenvalue weighted by atomic mass is 35.5. The van der Waals surface area contributed by atoms with Crippen LogP contribution in [-0.4, -0.2) is 19.9 Å². The number of phenolic OH excluding ortho intramolecular Hbond substituents is 1. The van der Waals surface area contributed by atoms with E-state index in [0.29, 0.717) is 21.8 Å². The number of aromatic nitrogens is 3. The fraction of sp³-hybridized carbons (Fsp3) is 0. The van der Waals surface area contributed by atoms with Crippen molar-refractivity contribution < 1.29 is 9.50 Å². The number of nitrogens with zero attached hydrogens (tertiary/aromatic N) is 2. The Labute approximate surface area is 129 Å². The summed E-state index contributed by atoms with van der Waals surface area (Å²) in [5, 5.41) is 16.7. The quantitative estimate of drug-likeness (QED) is 0.699. The van der Waals surface area contributed by atoms with E-state index in [2.05, 4.69) is 10.2 Å². The zero-order valence-corrected chi connectivity index (χ0v) is 12.1. The standard InChI is InChI=1S/C14H9ClFN3OS/c15-10-7-8(5-6-11(10)16)19-13(17-18-14(19)21)9-3-1-2-4-12(9)20/h1-7,20H,(H,18,21). The number of aromatic amines is 1. The van der Waals surface area contributed by atoms with Crippen LogP contribution >= 0.6 is 23.8 Å². The number of aromatic hydroxyl groups is 1. The molecule has 21 heavy (non-hydrogen) atoms. The van der Waals surface area contributed by atoms with E-state index in [1.807, 2.05) is 0 Å². The summed E-state index contributed by atoms with van der Waals surface area (Å²) in [5.41, 5.74) is 1.06. The van der Waals surface area contributed by atoms with Crippen LogP contribution in [-0.2, 0) is 0 Å². The van der Waals surface area contributed by atoms with Crippen molar-refractivity contribution >= 4 is 23.8 Å². The highest BCUT2D eigenvalue weighted by Crippen LogP contribution is 2.30. The topological polar surface area (TPSA) is 53.8 Å². The zero-order chi connectivity index (χ0) is 15.0. The van der Waals surface area contributed by atoms with Gasteiger partial charge in [0.15, 0.2) is 10.6 Å². The minimum absolute atomic E-state index is 0.0150. The lowest BCUT2D eigenvalue weighted by atomic mass is 10.2. The molecule has 0 radical (unpaired) electrons. The Hall–Kier alpha value is -2.18. The molecule has 106 valence electrons. The number of hydrogen-bond acceptors (Lipinski definition) is 3. The van der Waals surface area contributed by atoms with Gasteiger partial charge in [-0.25, -0.2) is 4.39 Å². The van der Waals surface area contributed by atoms with Crippen molar-refractivity contribution in [3.05, 3.63) is 58.1 Å². The number of rotatable bonds is 2. The maximum absolute atomic E-state index is 13.3. The van der Waals surface area contributed by atoms with E-state index in [4.69, 9.17) is 23.8 Å². The molecule has 1 heterocycles. The number of halogens is 2. The molecular formula is C14H9ClFN3OS. The summed E-state index contributed by atoms with van der Waals surface area (Å²) in [7, 11) is 0. The second-order valence-electron chi connectivity index (χ2n) is 4.30. The second-order valence-corrected chi connectivity index (χ2v) is 5.10. The van der Waals surface area contributed by atoms with Crippen LogP contribution < -0.4 is 0 Å². The SMILES string of the molecule is Oc1ccccc1-c1n[nH]c(=S)n1-c1ccc(F)c(Cl)c1. The van der Waals surface area contributed by atoms with E-state index < -0.39 is 5.82 Å². The fourth-order valence-electron chi connectivity index (χ4n) is 2.00. The van der Waals surface area contributed by atoms with Gasteiger partial charge in [0, 0.05) is 0 Å². The van der Waals surface area contributed by atoms with Crippen LogP contribution in [0.2, 0.25) is 5.02 Å². The molecule has 0 aliphatic heterocycles. The van der Waals surface area contributed by atoms with E-state index in [1.165, 1.54) is 18.2 Å². The first-order valence-corrected chi connectivity index (χ1v) is 6.78. The predicted octanol–water partition coefficient (Wildman–Crippen LogP) is 4.09. The molecule has 2 aromatic carbocycles. The first kappa shape index (κ1) is 13.8. The monoisotopic (exact) mass is 321 g/mol. The molecule has 7 heteroatoms. The third-order valence-electron chi connectivity index (χ3n) is 2.98. The molecule has 3 aromatic rings. The van der Waals surface area contributed by atoms with Crippen molar-refractivity contribution in [2.24, 2.45) is 0 Å². The molecule has 0 bridgehead atoms. The lowest BCUT2D eigenvalue weighted by Gasteiger charge is -2.08. The number of hydrogen-bond donors (Lipinski definition) is 2. The third-order valence-corrected chi connectivity index (χ3v) is 3.54. The average Bonchev–Trinajstić information content (AvgIpc) is 2.84. The normalized spacial score (nSPS) is 10.8. The van der Waals surface area contributed by atoms with Gasteiger partial charge >= 0.3 is 0 Å². The lowest BCUT2D eigenvalue weighted by molar-refractivity contribution is 0.476. The molecule has 0 aliphatic rings. The molecule has 0 spiro atoms. The van der Waals surface area contributed by atoms with Gasteiger partial charge in [-0.1, -0.05) is 23.7 Å². The predicted molar refractivity (Wildman–Crippen MR) is 80.8 cm³/mol. The minimum atomic E-state index is -0.514. The van der Waals surface area contributed by atoms with E-state index in [-0.39, 0.29) is 10.8 Å². The second kappa shape index (κ2) is 5.31. The van der Waals surface area contributed by atoms with Crippen LogP contribution in [0.4, 0.5) is 4.39 Å². The van der Waals surface area contributed by atoms with E-state index in [0.717, 1.165) is 0 Å². The molecule has 0 aliphatic carbocycles. The van der Waals surface area contributed by atoms with Crippen molar-refractivity contribution in [1.29, 1.82) is 0 Å². The molecule has 3 rings (SSSR count). The number of nitrogens with one attached hydrogen (secondary N) is 1. The summed E-state index contributed by atoms with van der Waals surface area (Å²) < 4.78 is 15.2.